The molecule has 0 saturated heterocycles. The van der Waals surface area contributed by atoms with E-state index in [1.165, 1.54) is 6.21 Å². The number of ether oxygens (including phenoxy) is 1. The zero-order valence-corrected chi connectivity index (χ0v) is 14.5. The second-order valence-electron chi connectivity index (χ2n) is 4.99. The standard InChI is InChI=1S/C17H11Cl3N2O2/c18-12-6-11-5-10(9-24-16(11)15(20)7-12)8-21-22-17(23)13-3-1-2-4-14(13)19/h1-8H,9H2,(H,22,23)/b21-8+. The predicted molar refractivity (Wildman–Crippen MR) is 97.3 cm³/mol. The Balaban J connectivity index is 1.72. The van der Waals surface area contributed by atoms with Crippen LogP contribution in [0.25, 0.3) is 6.08 Å². The molecule has 1 N–H and O–H groups in total. The Morgan fingerprint density at radius 3 is 2.75 bits per heavy atom. The van der Waals surface area contributed by atoms with Crippen molar-refractivity contribution in [2.75, 3.05) is 6.61 Å². The maximum Gasteiger partial charge on any atom is 0.272 e. The summed E-state index contributed by atoms with van der Waals surface area (Å²) in [7, 11) is 0. The first-order valence-corrected chi connectivity index (χ1v) is 8.08. The van der Waals surface area contributed by atoms with Gasteiger partial charge in [0, 0.05) is 16.2 Å². The topological polar surface area (TPSA) is 50.7 Å². The lowest BCUT2D eigenvalue weighted by Gasteiger charge is -2.17. The van der Waals surface area contributed by atoms with Crippen LogP contribution in [0.1, 0.15) is 15.9 Å². The van der Waals surface area contributed by atoms with Gasteiger partial charge in [-0.05, 0) is 30.3 Å². The number of benzene rings is 2. The van der Waals surface area contributed by atoms with Crippen molar-refractivity contribution >= 4 is 53.0 Å². The Kier molecular flexibility index (Phi) is 5.09. The smallest absolute Gasteiger partial charge is 0.272 e. The van der Waals surface area contributed by atoms with Crippen LogP contribution in [0.3, 0.4) is 0 Å². The van der Waals surface area contributed by atoms with Crippen molar-refractivity contribution in [3.8, 4) is 5.75 Å². The van der Waals surface area contributed by atoms with E-state index in [0.717, 1.165) is 11.1 Å². The van der Waals surface area contributed by atoms with Gasteiger partial charge in [0.25, 0.3) is 5.91 Å². The van der Waals surface area contributed by atoms with E-state index in [9.17, 15) is 4.79 Å². The summed E-state index contributed by atoms with van der Waals surface area (Å²) in [4.78, 5) is 12.0. The van der Waals surface area contributed by atoms with E-state index in [1.54, 1.807) is 36.4 Å². The molecule has 1 aliphatic rings. The molecule has 0 spiro atoms. The lowest BCUT2D eigenvalue weighted by Crippen LogP contribution is -2.18. The number of amides is 1. The van der Waals surface area contributed by atoms with E-state index in [1.807, 2.05) is 6.08 Å². The molecule has 4 nitrogen and oxygen atoms in total. The Bertz CT molecular complexity index is 863. The molecule has 0 unspecified atom stereocenters. The van der Waals surface area contributed by atoms with Gasteiger partial charge in [-0.1, -0.05) is 46.9 Å². The highest BCUT2D eigenvalue weighted by Crippen LogP contribution is 2.36. The minimum atomic E-state index is -0.388. The lowest BCUT2D eigenvalue weighted by atomic mass is 10.1. The molecule has 122 valence electrons. The lowest BCUT2D eigenvalue weighted by molar-refractivity contribution is 0.0955. The predicted octanol–water partition coefficient (Wildman–Crippen LogP) is 4.84. The van der Waals surface area contributed by atoms with Crippen LogP contribution >= 0.6 is 34.8 Å². The first-order valence-electron chi connectivity index (χ1n) is 6.95. The second-order valence-corrected chi connectivity index (χ2v) is 6.24. The van der Waals surface area contributed by atoms with Gasteiger partial charge in [0.15, 0.2) is 0 Å². The number of carbonyl (C=O) groups is 1. The molecule has 2 aromatic carbocycles. The van der Waals surface area contributed by atoms with Gasteiger partial charge in [0.1, 0.15) is 12.4 Å². The number of fused-ring (bicyclic) bond motifs is 1. The first kappa shape index (κ1) is 16.8. The number of halogens is 3. The molecule has 1 aliphatic heterocycles. The van der Waals surface area contributed by atoms with Crippen LogP contribution in [-0.2, 0) is 0 Å². The number of rotatable bonds is 3. The molecule has 0 aromatic heterocycles. The third-order valence-electron chi connectivity index (χ3n) is 3.28. The second kappa shape index (κ2) is 7.26. The Morgan fingerprint density at radius 2 is 1.96 bits per heavy atom. The molecule has 1 amide bonds. The third kappa shape index (κ3) is 3.73. The summed E-state index contributed by atoms with van der Waals surface area (Å²) < 4.78 is 5.60. The normalized spacial score (nSPS) is 13.2. The Labute approximate surface area is 153 Å². The molecule has 0 radical (unpaired) electrons. The summed E-state index contributed by atoms with van der Waals surface area (Å²) >= 11 is 18.0. The SMILES string of the molecule is O=C(N/N=C/C1=Cc2cc(Cl)cc(Cl)c2OC1)c1ccccc1Cl. The van der Waals surface area contributed by atoms with Crippen LogP contribution in [0.4, 0.5) is 0 Å². The van der Waals surface area contributed by atoms with Crippen molar-refractivity contribution in [1.82, 2.24) is 5.43 Å². The van der Waals surface area contributed by atoms with Gasteiger partial charge >= 0.3 is 0 Å². The van der Waals surface area contributed by atoms with E-state index >= 15 is 0 Å². The van der Waals surface area contributed by atoms with E-state index in [0.29, 0.717) is 33.0 Å². The number of carbonyl (C=O) groups excluding carboxylic acids is 1. The van der Waals surface area contributed by atoms with E-state index in [2.05, 4.69) is 10.5 Å². The fraction of sp³-hybridized carbons (Fsp3) is 0.0588. The fourth-order valence-corrected chi connectivity index (χ4v) is 2.98. The van der Waals surface area contributed by atoms with E-state index in [-0.39, 0.29) is 5.91 Å². The Hall–Kier alpha value is -2.01. The van der Waals surface area contributed by atoms with Crippen LogP contribution in [0.2, 0.25) is 15.1 Å². The van der Waals surface area contributed by atoms with Gasteiger partial charge in [-0.25, -0.2) is 5.43 Å². The van der Waals surface area contributed by atoms with Crippen molar-refractivity contribution in [2.24, 2.45) is 5.10 Å². The molecule has 0 aliphatic carbocycles. The maximum atomic E-state index is 12.0. The fourth-order valence-electron chi connectivity index (χ4n) is 2.19. The summed E-state index contributed by atoms with van der Waals surface area (Å²) in [6.45, 7) is 0.291. The monoisotopic (exact) mass is 380 g/mol. The number of nitrogens with one attached hydrogen (secondary N) is 1. The van der Waals surface area contributed by atoms with Crippen molar-refractivity contribution < 1.29 is 9.53 Å². The molecule has 0 saturated carbocycles. The van der Waals surface area contributed by atoms with Crippen LogP contribution in [0.5, 0.6) is 5.75 Å². The number of hydrogen-bond acceptors (Lipinski definition) is 3. The Morgan fingerprint density at radius 1 is 1.17 bits per heavy atom. The van der Waals surface area contributed by atoms with Gasteiger partial charge < -0.3 is 4.74 Å². The highest BCUT2D eigenvalue weighted by atomic mass is 35.5. The van der Waals surface area contributed by atoms with Crippen LogP contribution < -0.4 is 10.2 Å². The van der Waals surface area contributed by atoms with Gasteiger partial charge in [0.2, 0.25) is 0 Å². The minimum absolute atomic E-state index is 0.291. The zero-order chi connectivity index (χ0) is 17.1. The molecular weight excluding hydrogens is 371 g/mol. The molecule has 0 bridgehead atoms. The molecular formula is C17H11Cl3N2O2. The summed E-state index contributed by atoms with van der Waals surface area (Å²) in [5.74, 6) is 0.194. The average Bonchev–Trinajstić information content (AvgIpc) is 2.54. The largest absolute Gasteiger partial charge is 0.487 e. The number of hydrogen-bond donors (Lipinski definition) is 1. The molecule has 2 aromatic rings. The van der Waals surface area contributed by atoms with E-state index < -0.39 is 0 Å². The van der Waals surface area contributed by atoms with Gasteiger partial charge in [-0.3, -0.25) is 4.79 Å². The van der Waals surface area contributed by atoms with Crippen molar-refractivity contribution in [1.29, 1.82) is 0 Å². The molecule has 1 heterocycles. The van der Waals surface area contributed by atoms with Crippen molar-refractivity contribution in [3.05, 3.63) is 68.2 Å². The van der Waals surface area contributed by atoms with Crippen LogP contribution in [0, 0.1) is 0 Å². The quantitative estimate of drug-likeness (QED) is 0.611. The van der Waals surface area contributed by atoms with Gasteiger partial charge in [-0.2, -0.15) is 5.10 Å². The molecule has 7 heteroatoms. The minimum Gasteiger partial charge on any atom is -0.487 e. The van der Waals surface area contributed by atoms with Crippen LogP contribution in [-0.4, -0.2) is 18.7 Å². The van der Waals surface area contributed by atoms with Gasteiger partial charge in [-0.15, -0.1) is 0 Å². The summed E-state index contributed by atoms with van der Waals surface area (Å²) in [5, 5.41) is 5.27. The number of hydrazone groups is 1. The van der Waals surface area contributed by atoms with Crippen molar-refractivity contribution in [2.45, 2.75) is 0 Å². The molecule has 24 heavy (non-hydrogen) atoms. The number of nitrogens with zero attached hydrogens (tertiary/aromatic N) is 1. The molecule has 0 atom stereocenters. The first-order chi connectivity index (χ1) is 11.5. The van der Waals surface area contributed by atoms with Crippen molar-refractivity contribution in [3.63, 3.8) is 0 Å². The average molecular weight is 382 g/mol. The summed E-state index contributed by atoms with van der Waals surface area (Å²) in [5.41, 5.74) is 4.31. The summed E-state index contributed by atoms with van der Waals surface area (Å²) in [6.07, 6.45) is 3.36. The maximum absolute atomic E-state index is 12.0. The van der Waals surface area contributed by atoms with Crippen LogP contribution in [0.15, 0.2) is 47.1 Å². The molecule has 3 rings (SSSR count). The van der Waals surface area contributed by atoms with Gasteiger partial charge in [0.05, 0.1) is 21.8 Å². The zero-order valence-electron chi connectivity index (χ0n) is 12.2. The third-order valence-corrected chi connectivity index (χ3v) is 4.10. The summed E-state index contributed by atoms with van der Waals surface area (Å²) in [6, 6.07) is 10.1. The highest BCUT2D eigenvalue weighted by Gasteiger charge is 2.15. The van der Waals surface area contributed by atoms with E-state index in [4.69, 9.17) is 39.5 Å². The molecule has 0 fully saturated rings. The highest BCUT2D eigenvalue weighted by molar-refractivity contribution is 6.36.